The molecule has 0 unspecified atom stereocenters. The van der Waals surface area contributed by atoms with Gasteiger partial charge >= 0.3 is 16.3 Å². The van der Waals surface area contributed by atoms with Crippen molar-refractivity contribution in [1.29, 1.82) is 0 Å². The number of para-hydroxylation sites is 1. The summed E-state index contributed by atoms with van der Waals surface area (Å²) in [4.78, 5) is 23.9. The third kappa shape index (κ3) is 5.50. The average molecular weight is 396 g/mol. The molecule has 1 amide bonds. The number of hydrogen-bond acceptors (Lipinski definition) is 5. The molecule has 3 N–H and O–H groups in total. The highest BCUT2D eigenvalue weighted by molar-refractivity contribution is 7.88. The fraction of sp³-hybridized carbons (Fsp3) is 0.176. The minimum absolute atomic E-state index is 0.0358. The minimum Gasteiger partial charge on any atom is -0.478 e. The standard InChI is InChI=1S/C17H17FN2O6S/c1-2-26-27(24,25)20-15-13(4-3-5-14(15)17(22)23)16(21)19-10-11-6-8-12(18)9-7-11/h3-9,20H,2,10H2,1H3,(H,19,21)(H,22,23). The number of amides is 1. The second kappa shape index (κ2) is 8.60. The maximum atomic E-state index is 12.9. The lowest BCUT2D eigenvalue weighted by atomic mass is 10.1. The summed E-state index contributed by atoms with van der Waals surface area (Å²) in [5.74, 6) is -2.55. The maximum absolute atomic E-state index is 12.9. The van der Waals surface area contributed by atoms with Gasteiger partial charge in [-0.2, -0.15) is 8.42 Å². The van der Waals surface area contributed by atoms with Gasteiger partial charge in [0.05, 0.1) is 23.4 Å². The molecule has 8 nitrogen and oxygen atoms in total. The van der Waals surface area contributed by atoms with E-state index in [1.165, 1.54) is 43.3 Å². The van der Waals surface area contributed by atoms with Crippen molar-refractivity contribution in [2.45, 2.75) is 13.5 Å². The first-order valence-corrected chi connectivity index (χ1v) is 9.20. The first kappa shape index (κ1) is 20.3. The molecule has 0 heterocycles. The molecule has 2 rings (SSSR count). The van der Waals surface area contributed by atoms with Crippen LogP contribution >= 0.6 is 0 Å². The number of aromatic carboxylic acids is 1. The van der Waals surface area contributed by atoms with Crippen LogP contribution in [0.15, 0.2) is 42.5 Å². The van der Waals surface area contributed by atoms with Crippen molar-refractivity contribution < 1.29 is 31.7 Å². The zero-order valence-corrected chi connectivity index (χ0v) is 15.0. The Kier molecular flexibility index (Phi) is 6.48. The van der Waals surface area contributed by atoms with Crippen molar-refractivity contribution in [2.75, 3.05) is 11.3 Å². The molecule has 0 radical (unpaired) electrons. The molecule has 0 atom stereocenters. The van der Waals surface area contributed by atoms with Crippen LogP contribution in [-0.2, 0) is 21.0 Å². The number of nitrogens with one attached hydrogen (secondary N) is 2. The number of carbonyl (C=O) groups excluding carboxylic acids is 1. The van der Waals surface area contributed by atoms with Crippen molar-refractivity contribution in [1.82, 2.24) is 5.32 Å². The number of benzene rings is 2. The van der Waals surface area contributed by atoms with Crippen molar-refractivity contribution >= 4 is 27.9 Å². The van der Waals surface area contributed by atoms with Crippen molar-refractivity contribution in [3.63, 3.8) is 0 Å². The largest absolute Gasteiger partial charge is 0.478 e. The first-order valence-electron chi connectivity index (χ1n) is 7.79. The quantitative estimate of drug-likeness (QED) is 0.629. The Hall–Kier alpha value is -2.98. The maximum Gasteiger partial charge on any atom is 0.360 e. The van der Waals surface area contributed by atoms with Gasteiger partial charge in [-0.1, -0.05) is 18.2 Å². The molecule has 0 bridgehead atoms. The second-order valence-electron chi connectivity index (χ2n) is 5.31. The highest BCUT2D eigenvalue weighted by Crippen LogP contribution is 2.23. The third-order valence-corrected chi connectivity index (χ3v) is 4.41. The Morgan fingerprint density at radius 3 is 2.33 bits per heavy atom. The van der Waals surface area contributed by atoms with E-state index in [-0.39, 0.29) is 18.7 Å². The zero-order valence-electron chi connectivity index (χ0n) is 14.2. The number of carboxylic acid groups (broad SMARTS) is 1. The van der Waals surface area contributed by atoms with Gasteiger partial charge in [0, 0.05) is 6.54 Å². The van der Waals surface area contributed by atoms with Crippen LogP contribution in [0.25, 0.3) is 0 Å². The Morgan fingerprint density at radius 1 is 1.11 bits per heavy atom. The number of rotatable bonds is 8. The minimum atomic E-state index is -4.30. The van der Waals surface area contributed by atoms with Gasteiger partial charge < -0.3 is 10.4 Å². The molecule has 27 heavy (non-hydrogen) atoms. The van der Waals surface area contributed by atoms with Gasteiger partial charge in [0.1, 0.15) is 5.82 Å². The molecule has 0 saturated carbocycles. The van der Waals surface area contributed by atoms with E-state index in [1.54, 1.807) is 0 Å². The fourth-order valence-corrected chi connectivity index (χ4v) is 3.06. The summed E-state index contributed by atoms with van der Waals surface area (Å²) < 4.78 is 43.2. The number of halogens is 1. The van der Waals surface area contributed by atoms with E-state index >= 15 is 0 Å². The average Bonchev–Trinajstić information content (AvgIpc) is 2.60. The molecule has 0 saturated heterocycles. The molecule has 0 aliphatic rings. The lowest BCUT2D eigenvalue weighted by Gasteiger charge is -2.14. The van der Waals surface area contributed by atoms with E-state index in [9.17, 15) is 27.5 Å². The van der Waals surface area contributed by atoms with Crippen LogP contribution in [0.1, 0.15) is 33.2 Å². The van der Waals surface area contributed by atoms with E-state index in [2.05, 4.69) is 9.50 Å². The van der Waals surface area contributed by atoms with Crippen molar-refractivity contribution in [2.24, 2.45) is 0 Å². The molecule has 0 aromatic heterocycles. The summed E-state index contributed by atoms with van der Waals surface area (Å²) >= 11 is 0. The highest BCUT2D eigenvalue weighted by Gasteiger charge is 2.23. The Labute approximate surface area is 155 Å². The summed E-state index contributed by atoms with van der Waals surface area (Å²) in [5.41, 5.74) is -0.404. The van der Waals surface area contributed by atoms with Gasteiger partial charge in [0.25, 0.3) is 5.91 Å². The fourth-order valence-electron chi connectivity index (χ4n) is 2.22. The number of carbonyl (C=O) groups is 2. The summed E-state index contributed by atoms with van der Waals surface area (Å²) in [6.45, 7) is 1.31. The Balaban J connectivity index is 2.31. The SMILES string of the molecule is CCOS(=O)(=O)Nc1c(C(=O)O)cccc1C(=O)NCc1ccc(F)cc1. The number of anilines is 1. The molecule has 0 aliphatic heterocycles. The Bertz CT molecular complexity index is 944. The highest BCUT2D eigenvalue weighted by atomic mass is 32.2. The van der Waals surface area contributed by atoms with Crippen molar-refractivity contribution in [3.05, 3.63) is 65.0 Å². The molecule has 144 valence electrons. The predicted molar refractivity (Wildman–Crippen MR) is 95.1 cm³/mol. The summed E-state index contributed by atoms with van der Waals surface area (Å²) in [5, 5.41) is 11.8. The van der Waals surface area contributed by atoms with Crippen LogP contribution in [0.4, 0.5) is 10.1 Å². The second-order valence-corrected chi connectivity index (χ2v) is 6.65. The molecule has 2 aromatic carbocycles. The molecule has 0 fully saturated rings. The predicted octanol–water partition coefficient (Wildman–Crippen LogP) is 2.15. The molecule has 2 aromatic rings. The van der Waals surface area contributed by atoms with Crippen LogP contribution in [0.2, 0.25) is 0 Å². The smallest absolute Gasteiger partial charge is 0.360 e. The van der Waals surface area contributed by atoms with Gasteiger partial charge in [-0.25, -0.2) is 9.18 Å². The van der Waals surface area contributed by atoms with E-state index in [0.29, 0.717) is 5.56 Å². The van der Waals surface area contributed by atoms with E-state index in [0.717, 1.165) is 6.07 Å². The number of carboxylic acids is 1. The van der Waals surface area contributed by atoms with E-state index < -0.39 is 39.2 Å². The third-order valence-electron chi connectivity index (χ3n) is 3.41. The molecule has 10 heteroatoms. The van der Waals surface area contributed by atoms with Gasteiger partial charge in [-0.15, -0.1) is 0 Å². The molecular weight excluding hydrogens is 379 g/mol. The lowest BCUT2D eigenvalue weighted by Crippen LogP contribution is -2.26. The van der Waals surface area contributed by atoms with Crippen LogP contribution in [0.5, 0.6) is 0 Å². The summed E-state index contributed by atoms with van der Waals surface area (Å²) in [6, 6.07) is 9.15. The molecule has 0 aliphatic carbocycles. The van der Waals surface area contributed by atoms with Gasteiger partial charge in [0.15, 0.2) is 0 Å². The van der Waals surface area contributed by atoms with Crippen molar-refractivity contribution in [3.8, 4) is 0 Å². The first-order chi connectivity index (χ1) is 12.7. The molecule has 0 spiro atoms. The number of hydrogen-bond donors (Lipinski definition) is 3. The van der Waals surface area contributed by atoms with Gasteiger partial charge in [-0.3, -0.25) is 13.7 Å². The molecular formula is C17H17FN2O6S. The normalized spacial score (nSPS) is 11.0. The van der Waals surface area contributed by atoms with Crippen LogP contribution in [-0.4, -0.2) is 32.0 Å². The van der Waals surface area contributed by atoms with Crippen LogP contribution in [0, 0.1) is 5.82 Å². The van der Waals surface area contributed by atoms with Gasteiger partial charge in [0.2, 0.25) is 0 Å². The monoisotopic (exact) mass is 396 g/mol. The topological polar surface area (TPSA) is 122 Å². The van der Waals surface area contributed by atoms with Gasteiger partial charge in [-0.05, 0) is 36.8 Å². The summed E-state index contributed by atoms with van der Waals surface area (Å²) in [6.07, 6.45) is 0. The zero-order chi connectivity index (χ0) is 20.0. The van der Waals surface area contributed by atoms with E-state index in [4.69, 9.17) is 0 Å². The van der Waals surface area contributed by atoms with Crippen LogP contribution in [0.3, 0.4) is 0 Å². The Morgan fingerprint density at radius 2 is 1.74 bits per heavy atom. The van der Waals surface area contributed by atoms with E-state index in [1.807, 2.05) is 4.72 Å². The summed E-state index contributed by atoms with van der Waals surface area (Å²) in [7, 11) is -4.30. The lowest BCUT2D eigenvalue weighted by molar-refractivity contribution is 0.0698. The van der Waals surface area contributed by atoms with Crippen LogP contribution < -0.4 is 10.0 Å².